The minimum Gasteiger partial charge on any atom is -0.351 e. The number of nitrogens with zero attached hydrogens (tertiary/aromatic N) is 2. The van der Waals surface area contributed by atoms with Crippen LogP contribution in [0.5, 0.6) is 0 Å². The van der Waals surface area contributed by atoms with Crippen LogP contribution in [0.2, 0.25) is 0 Å². The maximum Gasteiger partial charge on any atom is 0.318 e. The van der Waals surface area contributed by atoms with E-state index in [4.69, 9.17) is 5.73 Å². The van der Waals surface area contributed by atoms with Crippen molar-refractivity contribution in [2.24, 2.45) is 5.73 Å². The van der Waals surface area contributed by atoms with E-state index in [0.717, 1.165) is 22.2 Å². The van der Waals surface area contributed by atoms with E-state index in [2.05, 4.69) is 4.98 Å². The van der Waals surface area contributed by atoms with Gasteiger partial charge in [0.05, 0.1) is 10.6 Å². The number of urea groups is 1. The summed E-state index contributed by atoms with van der Waals surface area (Å²) in [5.41, 5.74) is 5.73. The summed E-state index contributed by atoms with van der Waals surface area (Å²) in [4.78, 5) is 42.0. The molecule has 3 N–H and O–H groups in total. The SMILES string of the molecule is CCn1c(S[C@@H](C)C(=O)NC(N)=O)nc2scc(-c3cccs3)c2c1=O. The number of imide groups is 1. The Morgan fingerprint density at radius 2 is 2.19 bits per heavy atom. The number of nitrogens with one attached hydrogen (secondary N) is 1. The van der Waals surface area contributed by atoms with Crippen molar-refractivity contribution in [3.8, 4) is 10.4 Å². The summed E-state index contributed by atoms with van der Waals surface area (Å²) < 4.78 is 1.55. The van der Waals surface area contributed by atoms with Crippen LogP contribution in [-0.2, 0) is 11.3 Å². The number of primary amides is 1. The highest BCUT2D eigenvalue weighted by atomic mass is 32.2. The Morgan fingerprint density at radius 3 is 2.81 bits per heavy atom. The molecule has 3 heterocycles. The molecule has 26 heavy (non-hydrogen) atoms. The number of carbonyl (C=O) groups is 2. The Hall–Kier alpha value is -2.17. The van der Waals surface area contributed by atoms with Gasteiger partial charge in [0.25, 0.3) is 5.56 Å². The van der Waals surface area contributed by atoms with E-state index in [9.17, 15) is 14.4 Å². The number of aromatic nitrogens is 2. The van der Waals surface area contributed by atoms with E-state index in [1.165, 1.54) is 11.3 Å². The van der Waals surface area contributed by atoms with Crippen LogP contribution < -0.4 is 16.6 Å². The van der Waals surface area contributed by atoms with Crippen LogP contribution in [0.15, 0.2) is 32.8 Å². The molecule has 3 aromatic rings. The minimum absolute atomic E-state index is 0.132. The Labute approximate surface area is 161 Å². The molecule has 10 heteroatoms. The average molecular weight is 409 g/mol. The lowest BCUT2D eigenvalue weighted by molar-refractivity contribution is -0.119. The van der Waals surface area contributed by atoms with Gasteiger partial charge in [-0.25, -0.2) is 9.78 Å². The van der Waals surface area contributed by atoms with Gasteiger partial charge in [-0.2, -0.15) is 0 Å². The monoisotopic (exact) mass is 408 g/mol. The van der Waals surface area contributed by atoms with Gasteiger partial charge in [0.2, 0.25) is 5.91 Å². The molecule has 3 aromatic heterocycles. The second-order valence-corrected chi connectivity index (χ2v) is 8.48. The van der Waals surface area contributed by atoms with Gasteiger partial charge < -0.3 is 5.73 Å². The Morgan fingerprint density at radius 1 is 1.42 bits per heavy atom. The number of thiophene rings is 2. The molecule has 0 saturated heterocycles. The lowest BCUT2D eigenvalue weighted by Crippen LogP contribution is -2.39. The first-order chi connectivity index (χ1) is 12.4. The molecule has 3 amide bonds. The average Bonchev–Trinajstić information content (AvgIpc) is 3.23. The number of hydrogen-bond donors (Lipinski definition) is 2. The van der Waals surface area contributed by atoms with Crippen molar-refractivity contribution in [1.29, 1.82) is 0 Å². The Kier molecular flexibility index (Phi) is 5.44. The number of fused-ring (bicyclic) bond motifs is 1. The molecule has 0 radical (unpaired) electrons. The van der Waals surface area contributed by atoms with Gasteiger partial charge in [-0.1, -0.05) is 17.8 Å². The zero-order valence-electron chi connectivity index (χ0n) is 14.0. The summed E-state index contributed by atoms with van der Waals surface area (Å²) in [5, 5.41) is 6.35. The van der Waals surface area contributed by atoms with Gasteiger partial charge in [-0.3, -0.25) is 19.5 Å². The third-order valence-electron chi connectivity index (χ3n) is 3.66. The fourth-order valence-electron chi connectivity index (χ4n) is 2.42. The molecule has 0 bridgehead atoms. The molecule has 0 unspecified atom stereocenters. The molecule has 0 saturated carbocycles. The highest BCUT2D eigenvalue weighted by Gasteiger charge is 2.22. The summed E-state index contributed by atoms with van der Waals surface area (Å²) in [6.45, 7) is 3.91. The van der Waals surface area contributed by atoms with Crippen molar-refractivity contribution in [3.63, 3.8) is 0 Å². The molecule has 3 rings (SSSR count). The first-order valence-corrected chi connectivity index (χ1v) is 10.4. The van der Waals surface area contributed by atoms with Crippen LogP contribution in [0, 0.1) is 0 Å². The molecule has 0 aliphatic heterocycles. The number of thioether (sulfide) groups is 1. The summed E-state index contributed by atoms with van der Waals surface area (Å²) in [7, 11) is 0. The van der Waals surface area contributed by atoms with Gasteiger partial charge >= 0.3 is 6.03 Å². The Balaban J connectivity index is 2.04. The molecule has 0 aliphatic rings. The topological polar surface area (TPSA) is 107 Å². The lowest BCUT2D eigenvalue weighted by Gasteiger charge is -2.14. The predicted molar refractivity (Wildman–Crippen MR) is 106 cm³/mol. The van der Waals surface area contributed by atoms with Crippen LogP contribution in [0.1, 0.15) is 13.8 Å². The summed E-state index contributed by atoms with van der Waals surface area (Å²) in [6.07, 6.45) is 0. The number of carbonyl (C=O) groups excluding carboxylic acids is 2. The molecular weight excluding hydrogens is 392 g/mol. The van der Waals surface area contributed by atoms with Crippen LogP contribution >= 0.6 is 34.4 Å². The summed E-state index contributed by atoms with van der Waals surface area (Å²) >= 11 is 4.09. The van der Waals surface area contributed by atoms with E-state index in [0.29, 0.717) is 21.9 Å². The predicted octanol–water partition coefficient (Wildman–Crippen LogP) is 2.88. The standard InChI is InChI=1S/C16H16N4O3S3/c1-3-20-14(22)11-9(10-5-4-6-24-10)7-25-13(11)19-16(20)26-8(2)12(21)18-15(17)23/h4-8H,3H2,1-2H3,(H3,17,18,21,23)/t8-/m0/s1. The molecular formula is C16H16N4O3S3. The largest absolute Gasteiger partial charge is 0.351 e. The number of nitrogens with two attached hydrogens (primary N) is 1. The zero-order chi connectivity index (χ0) is 18.8. The first-order valence-electron chi connectivity index (χ1n) is 7.75. The van der Waals surface area contributed by atoms with Crippen molar-refractivity contribution in [1.82, 2.24) is 14.9 Å². The number of hydrogen-bond acceptors (Lipinski definition) is 7. The molecule has 0 spiro atoms. The van der Waals surface area contributed by atoms with Crippen LogP contribution in [0.4, 0.5) is 4.79 Å². The minimum atomic E-state index is -0.905. The maximum atomic E-state index is 13.0. The third kappa shape index (κ3) is 3.53. The van der Waals surface area contributed by atoms with Gasteiger partial charge in [-0.15, -0.1) is 22.7 Å². The fourth-order valence-corrected chi connectivity index (χ4v) is 5.20. The van der Waals surface area contributed by atoms with Crippen LogP contribution in [-0.4, -0.2) is 26.7 Å². The van der Waals surface area contributed by atoms with Crippen molar-refractivity contribution < 1.29 is 9.59 Å². The Bertz CT molecular complexity index is 1020. The van der Waals surface area contributed by atoms with Gasteiger partial charge in [0.15, 0.2) is 5.16 Å². The van der Waals surface area contributed by atoms with Crippen molar-refractivity contribution in [2.75, 3.05) is 0 Å². The second kappa shape index (κ2) is 7.60. The molecule has 7 nitrogen and oxygen atoms in total. The molecule has 0 aromatic carbocycles. The highest BCUT2D eigenvalue weighted by Crippen LogP contribution is 2.35. The van der Waals surface area contributed by atoms with Gasteiger partial charge in [0, 0.05) is 22.4 Å². The lowest BCUT2D eigenvalue weighted by atomic mass is 10.2. The van der Waals surface area contributed by atoms with Crippen LogP contribution in [0.3, 0.4) is 0 Å². The number of amides is 3. The van der Waals surface area contributed by atoms with E-state index in [1.807, 2.05) is 35.1 Å². The van der Waals surface area contributed by atoms with Gasteiger partial charge in [-0.05, 0) is 25.3 Å². The van der Waals surface area contributed by atoms with Crippen LogP contribution in [0.25, 0.3) is 20.7 Å². The van der Waals surface area contributed by atoms with Gasteiger partial charge in [0.1, 0.15) is 4.83 Å². The third-order valence-corrected chi connectivity index (χ3v) is 6.52. The van der Waals surface area contributed by atoms with E-state index in [-0.39, 0.29) is 5.56 Å². The molecule has 136 valence electrons. The summed E-state index contributed by atoms with van der Waals surface area (Å²) in [6, 6.07) is 3.01. The van der Waals surface area contributed by atoms with Crippen molar-refractivity contribution in [3.05, 3.63) is 33.2 Å². The zero-order valence-corrected chi connectivity index (χ0v) is 16.5. The van der Waals surface area contributed by atoms with E-state index < -0.39 is 17.2 Å². The van der Waals surface area contributed by atoms with E-state index in [1.54, 1.807) is 22.8 Å². The summed E-state index contributed by atoms with van der Waals surface area (Å²) in [5.74, 6) is -0.523. The second-order valence-electron chi connectivity index (χ2n) is 5.36. The molecule has 1 atom stereocenters. The van der Waals surface area contributed by atoms with E-state index >= 15 is 0 Å². The van der Waals surface area contributed by atoms with Crippen molar-refractivity contribution >= 4 is 56.6 Å². The first kappa shape index (κ1) is 18.6. The highest BCUT2D eigenvalue weighted by molar-refractivity contribution is 8.00. The maximum absolute atomic E-state index is 13.0. The quantitative estimate of drug-likeness (QED) is 0.499. The molecule has 0 fully saturated rings. The smallest absolute Gasteiger partial charge is 0.318 e. The fraction of sp³-hybridized carbons (Fsp3) is 0.250. The normalized spacial score (nSPS) is 12.2. The van der Waals surface area contributed by atoms with Crippen molar-refractivity contribution in [2.45, 2.75) is 30.8 Å². The molecule has 0 aliphatic carbocycles. The number of rotatable bonds is 5.